The molecule has 4 aromatic rings. The van der Waals surface area contributed by atoms with Crippen LogP contribution in [-0.4, -0.2) is 78.5 Å². The number of piperazine rings is 1. The van der Waals surface area contributed by atoms with Gasteiger partial charge in [-0.2, -0.15) is 4.31 Å². The number of aromatic nitrogens is 4. The van der Waals surface area contributed by atoms with E-state index < -0.39 is 21.5 Å². The molecule has 4 heterocycles. The van der Waals surface area contributed by atoms with Gasteiger partial charge in [-0.25, -0.2) is 23.4 Å². The van der Waals surface area contributed by atoms with Crippen molar-refractivity contribution in [1.29, 1.82) is 0 Å². The van der Waals surface area contributed by atoms with Crippen LogP contribution >= 0.6 is 22.9 Å². The van der Waals surface area contributed by atoms with Gasteiger partial charge < -0.3 is 14.5 Å². The van der Waals surface area contributed by atoms with Gasteiger partial charge in [0.05, 0.1) is 24.5 Å². The fraction of sp³-hybridized carbons (Fsp3) is 0.320. The van der Waals surface area contributed by atoms with Crippen LogP contribution in [0.1, 0.15) is 4.88 Å². The molecular formula is C25H26ClN7O5S2. The zero-order chi connectivity index (χ0) is 28.6. The lowest BCUT2D eigenvalue weighted by Crippen LogP contribution is -2.49. The number of rotatable bonds is 7. The minimum atomic E-state index is -4.03. The molecule has 0 saturated carbocycles. The number of nitrogens with zero attached hydrogens (tertiary/aromatic N) is 7. The van der Waals surface area contributed by atoms with Gasteiger partial charge in [0, 0.05) is 55.5 Å². The summed E-state index contributed by atoms with van der Waals surface area (Å²) in [6.07, 6.45) is 4.53. The second kappa shape index (κ2) is 11.1. The molecule has 15 heteroatoms. The van der Waals surface area contributed by atoms with Crippen LogP contribution < -0.4 is 20.1 Å². The Morgan fingerprint density at radius 2 is 1.85 bits per heavy atom. The molecule has 1 aromatic carbocycles. The predicted molar refractivity (Wildman–Crippen MR) is 153 cm³/mol. The summed E-state index contributed by atoms with van der Waals surface area (Å²) < 4.78 is 35.4. The fourth-order valence-electron chi connectivity index (χ4n) is 4.56. The zero-order valence-corrected chi connectivity index (χ0v) is 24.3. The second-order valence-electron chi connectivity index (χ2n) is 9.05. The molecule has 0 radical (unpaired) electrons. The number of ether oxygens (including phenoxy) is 1. The van der Waals surface area contributed by atoms with E-state index in [0.717, 1.165) is 15.9 Å². The fourth-order valence-corrected chi connectivity index (χ4v) is 7.82. The van der Waals surface area contributed by atoms with Gasteiger partial charge in [-0.05, 0) is 31.2 Å². The van der Waals surface area contributed by atoms with Gasteiger partial charge >= 0.3 is 0 Å². The van der Waals surface area contributed by atoms with Gasteiger partial charge in [-0.1, -0.05) is 11.6 Å². The third-order valence-electron chi connectivity index (χ3n) is 6.65. The maximum Gasteiger partial charge on any atom is 0.263 e. The molecule has 5 rings (SSSR count). The molecule has 0 N–H and O–H groups in total. The van der Waals surface area contributed by atoms with E-state index in [1.807, 2.05) is 4.90 Å². The number of methoxy groups -OCH3 is 1. The Kier molecular flexibility index (Phi) is 7.77. The monoisotopic (exact) mass is 603 g/mol. The van der Waals surface area contributed by atoms with E-state index in [1.165, 1.54) is 29.7 Å². The molecule has 0 aliphatic carbocycles. The van der Waals surface area contributed by atoms with Crippen molar-refractivity contribution in [2.75, 3.05) is 50.1 Å². The van der Waals surface area contributed by atoms with E-state index >= 15 is 0 Å². The van der Waals surface area contributed by atoms with Gasteiger partial charge in [-0.15, -0.1) is 11.3 Å². The number of halogens is 1. The number of fused-ring (bicyclic) bond motifs is 1. The maximum atomic E-state index is 13.8. The van der Waals surface area contributed by atoms with Crippen molar-refractivity contribution in [2.45, 2.75) is 18.4 Å². The number of hydrogen-bond acceptors (Lipinski definition) is 10. The molecule has 0 bridgehead atoms. The van der Waals surface area contributed by atoms with Crippen molar-refractivity contribution in [3.05, 3.63) is 63.2 Å². The number of likely N-dealkylation sites (N-methyl/N-ethyl adjacent to an activating group) is 1. The van der Waals surface area contributed by atoms with Crippen LogP contribution in [0.4, 0.5) is 11.6 Å². The first kappa shape index (κ1) is 28.0. The number of amides is 1. The third kappa shape index (κ3) is 5.14. The number of anilines is 2. The van der Waals surface area contributed by atoms with Gasteiger partial charge in [0.1, 0.15) is 22.0 Å². The van der Waals surface area contributed by atoms with Crippen LogP contribution in [0.25, 0.3) is 10.2 Å². The van der Waals surface area contributed by atoms with Crippen molar-refractivity contribution >= 4 is 60.7 Å². The predicted octanol–water partition coefficient (Wildman–Crippen LogP) is 2.39. The highest BCUT2D eigenvalue weighted by atomic mass is 35.5. The molecule has 1 aliphatic heterocycles. The first-order chi connectivity index (χ1) is 19.1. The van der Waals surface area contributed by atoms with Crippen molar-refractivity contribution in [3.63, 3.8) is 0 Å². The quantitative estimate of drug-likeness (QED) is 0.312. The Labute approximate surface area is 239 Å². The Balaban J connectivity index is 1.43. The number of carbonyl (C=O) groups is 1. The average molecular weight is 604 g/mol. The van der Waals surface area contributed by atoms with Crippen molar-refractivity contribution < 1.29 is 17.9 Å². The van der Waals surface area contributed by atoms with Crippen molar-refractivity contribution in [1.82, 2.24) is 23.8 Å². The minimum absolute atomic E-state index is 0.0189. The Morgan fingerprint density at radius 1 is 1.15 bits per heavy atom. The standard InChI is InChI=1S/C25H26ClN7O5S2/c1-16-22(40(36,37)33-11-9-31(10-12-33)25-27-7-4-8-28-25)21-23(39-16)29-15-32(24(21)35)14-20(34)30(2)18-13-17(26)5-6-19(18)38-3/h4-8,13,15H,9-12,14H2,1-3H3. The van der Waals surface area contributed by atoms with E-state index in [2.05, 4.69) is 15.0 Å². The Bertz CT molecular complexity index is 1740. The van der Waals surface area contributed by atoms with Crippen molar-refractivity contribution in [2.24, 2.45) is 0 Å². The number of aryl methyl sites for hydroxylation is 1. The third-order valence-corrected chi connectivity index (χ3v) is 10.1. The number of carbonyl (C=O) groups excluding carboxylic acids is 1. The first-order valence-electron chi connectivity index (χ1n) is 12.2. The molecule has 0 unspecified atom stereocenters. The zero-order valence-electron chi connectivity index (χ0n) is 21.9. The molecular weight excluding hydrogens is 578 g/mol. The molecule has 210 valence electrons. The molecule has 3 aromatic heterocycles. The number of sulfonamides is 1. The number of benzene rings is 1. The maximum absolute atomic E-state index is 13.8. The van der Waals surface area contributed by atoms with Crippen LogP contribution in [0.15, 0.2) is 52.7 Å². The van der Waals surface area contributed by atoms with Gasteiger partial charge in [0.25, 0.3) is 5.56 Å². The second-order valence-corrected chi connectivity index (χ2v) is 12.6. The lowest BCUT2D eigenvalue weighted by atomic mass is 10.2. The minimum Gasteiger partial charge on any atom is -0.495 e. The molecule has 1 fully saturated rings. The van der Waals surface area contributed by atoms with Crippen LogP contribution in [0.5, 0.6) is 5.75 Å². The molecule has 1 aliphatic rings. The van der Waals surface area contributed by atoms with Gasteiger partial charge in [-0.3, -0.25) is 14.2 Å². The summed E-state index contributed by atoms with van der Waals surface area (Å²) in [5.74, 6) is 0.523. The summed E-state index contributed by atoms with van der Waals surface area (Å²) in [6, 6.07) is 6.58. The van der Waals surface area contributed by atoms with Gasteiger partial charge in [0.15, 0.2) is 0 Å². The van der Waals surface area contributed by atoms with E-state index in [1.54, 1.807) is 43.6 Å². The highest BCUT2D eigenvalue weighted by molar-refractivity contribution is 7.89. The molecule has 12 nitrogen and oxygen atoms in total. The topological polar surface area (TPSA) is 131 Å². The Hall–Kier alpha value is -3.59. The van der Waals surface area contributed by atoms with E-state index in [0.29, 0.717) is 45.2 Å². The largest absolute Gasteiger partial charge is 0.495 e. The first-order valence-corrected chi connectivity index (χ1v) is 14.9. The van der Waals surface area contributed by atoms with E-state index in [-0.39, 0.29) is 29.9 Å². The van der Waals surface area contributed by atoms with Crippen LogP contribution in [0.3, 0.4) is 0 Å². The molecule has 40 heavy (non-hydrogen) atoms. The van der Waals surface area contributed by atoms with Crippen LogP contribution in [0.2, 0.25) is 5.02 Å². The SMILES string of the molecule is COc1ccc(Cl)cc1N(C)C(=O)Cn1cnc2sc(C)c(S(=O)(=O)N3CCN(c4ncccn4)CC3)c2c1=O. The molecule has 0 spiro atoms. The van der Waals surface area contributed by atoms with Crippen LogP contribution in [0, 0.1) is 6.92 Å². The van der Waals surface area contributed by atoms with Crippen molar-refractivity contribution in [3.8, 4) is 5.75 Å². The summed E-state index contributed by atoms with van der Waals surface area (Å²) >= 11 is 7.24. The highest BCUT2D eigenvalue weighted by Gasteiger charge is 2.34. The summed E-state index contributed by atoms with van der Waals surface area (Å²) in [7, 11) is -1.01. The summed E-state index contributed by atoms with van der Waals surface area (Å²) in [5.41, 5.74) is -0.180. The van der Waals surface area contributed by atoms with E-state index in [4.69, 9.17) is 16.3 Å². The normalized spacial score (nSPS) is 14.4. The Morgan fingerprint density at radius 3 is 2.52 bits per heavy atom. The molecule has 0 atom stereocenters. The smallest absolute Gasteiger partial charge is 0.263 e. The number of thiophene rings is 1. The molecule has 1 amide bonds. The van der Waals surface area contributed by atoms with Gasteiger partial charge in [0.2, 0.25) is 21.9 Å². The summed E-state index contributed by atoms with van der Waals surface area (Å²) in [4.78, 5) is 43.5. The lowest BCUT2D eigenvalue weighted by molar-refractivity contribution is -0.118. The number of hydrogen-bond donors (Lipinski definition) is 0. The average Bonchev–Trinajstić information content (AvgIpc) is 3.32. The summed E-state index contributed by atoms with van der Waals surface area (Å²) in [6.45, 7) is 2.51. The van der Waals surface area contributed by atoms with Crippen LogP contribution in [-0.2, 0) is 21.4 Å². The van der Waals surface area contributed by atoms with E-state index in [9.17, 15) is 18.0 Å². The lowest BCUT2D eigenvalue weighted by Gasteiger charge is -2.33. The highest BCUT2D eigenvalue weighted by Crippen LogP contribution is 2.34. The summed E-state index contributed by atoms with van der Waals surface area (Å²) in [5, 5.41) is 0.394. The molecule has 1 saturated heterocycles.